The Bertz CT molecular complexity index is 1150. The molecule has 0 saturated heterocycles. The number of aromatic nitrogens is 4. The average molecular weight is 396 g/mol. The first-order valence-electron chi connectivity index (χ1n) is 8.98. The van der Waals surface area contributed by atoms with Crippen molar-refractivity contribution in [3.8, 4) is 0 Å². The van der Waals surface area contributed by atoms with Crippen molar-refractivity contribution in [3.63, 3.8) is 0 Å². The molecule has 0 atom stereocenters. The summed E-state index contributed by atoms with van der Waals surface area (Å²) in [5, 5.41) is 5.37. The van der Waals surface area contributed by atoms with Crippen molar-refractivity contribution in [2.45, 2.75) is 38.6 Å². The highest BCUT2D eigenvalue weighted by molar-refractivity contribution is 7.26. The highest BCUT2D eigenvalue weighted by Crippen LogP contribution is 2.42. The molecule has 0 bridgehead atoms. The molecule has 27 heavy (non-hydrogen) atoms. The predicted octanol–water partition coefficient (Wildman–Crippen LogP) is 5.26. The van der Waals surface area contributed by atoms with Crippen LogP contribution in [-0.2, 0) is 0 Å². The molecule has 1 saturated carbocycles. The van der Waals surface area contributed by atoms with Crippen LogP contribution in [0.15, 0.2) is 30.9 Å². The largest absolute Gasteiger partial charge is 0.366 e. The maximum Gasteiger partial charge on any atom is 0.147 e. The molecule has 1 aliphatic rings. The van der Waals surface area contributed by atoms with Gasteiger partial charge in [-0.1, -0.05) is 11.6 Å². The Balaban J connectivity index is 1.46. The molecular formula is C20H18ClN5S. The van der Waals surface area contributed by atoms with Gasteiger partial charge in [0.1, 0.15) is 17.0 Å². The third-order valence-electron chi connectivity index (χ3n) is 5.40. The minimum Gasteiger partial charge on any atom is -0.366 e. The van der Waals surface area contributed by atoms with Crippen LogP contribution in [0.1, 0.15) is 35.6 Å². The van der Waals surface area contributed by atoms with Crippen molar-refractivity contribution in [2.24, 2.45) is 0 Å². The van der Waals surface area contributed by atoms with Crippen LogP contribution in [0.5, 0.6) is 0 Å². The number of anilines is 1. The van der Waals surface area contributed by atoms with Gasteiger partial charge in [0, 0.05) is 23.8 Å². The van der Waals surface area contributed by atoms with Crippen molar-refractivity contribution in [3.05, 3.63) is 52.7 Å². The molecule has 0 amide bonds. The van der Waals surface area contributed by atoms with Crippen LogP contribution < -0.4 is 5.32 Å². The van der Waals surface area contributed by atoms with Gasteiger partial charge in [-0.25, -0.2) is 15.0 Å². The second-order valence-electron chi connectivity index (χ2n) is 7.11. The summed E-state index contributed by atoms with van der Waals surface area (Å²) in [6.45, 7) is 3.98. The van der Waals surface area contributed by atoms with E-state index in [1.165, 1.54) is 5.56 Å². The van der Waals surface area contributed by atoms with Crippen LogP contribution in [0.25, 0.3) is 20.4 Å². The van der Waals surface area contributed by atoms with E-state index >= 15 is 0 Å². The molecule has 5 rings (SSSR count). The Morgan fingerprint density at radius 1 is 1.15 bits per heavy atom. The summed E-state index contributed by atoms with van der Waals surface area (Å²) in [6.07, 6.45) is 7.56. The van der Waals surface area contributed by atoms with E-state index in [9.17, 15) is 0 Å². The first-order chi connectivity index (χ1) is 13.1. The molecule has 5 nitrogen and oxygen atoms in total. The number of aryl methyl sites for hydroxylation is 2. The second-order valence-corrected chi connectivity index (χ2v) is 8.49. The molecule has 7 heteroatoms. The van der Waals surface area contributed by atoms with Gasteiger partial charge in [-0.2, -0.15) is 0 Å². The Hall–Kier alpha value is -2.31. The van der Waals surface area contributed by atoms with Crippen molar-refractivity contribution in [2.75, 3.05) is 5.32 Å². The van der Waals surface area contributed by atoms with E-state index in [1.54, 1.807) is 17.7 Å². The minimum absolute atomic E-state index is 0.422. The number of fused-ring (bicyclic) bond motifs is 3. The Kier molecular flexibility index (Phi) is 3.98. The average Bonchev–Trinajstić information content (AvgIpc) is 3.02. The van der Waals surface area contributed by atoms with E-state index in [1.807, 2.05) is 26.2 Å². The molecule has 1 N–H and O–H groups in total. The van der Waals surface area contributed by atoms with Gasteiger partial charge in [0.25, 0.3) is 0 Å². The zero-order valence-electron chi connectivity index (χ0n) is 15.0. The maximum atomic E-state index is 6.42. The van der Waals surface area contributed by atoms with E-state index in [2.05, 4.69) is 37.4 Å². The van der Waals surface area contributed by atoms with Gasteiger partial charge < -0.3 is 5.32 Å². The zero-order valence-corrected chi connectivity index (χ0v) is 16.6. The smallest absolute Gasteiger partial charge is 0.147 e. The van der Waals surface area contributed by atoms with Crippen molar-refractivity contribution >= 4 is 49.2 Å². The maximum absolute atomic E-state index is 6.42. The van der Waals surface area contributed by atoms with E-state index < -0.39 is 0 Å². The Morgan fingerprint density at radius 3 is 2.70 bits per heavy atom. The number of thiophene rings is 1. The van der Waals surface area contributed by atoms with Gasteiger partial charge in [-0.15, -0.1) is 11.3 Å². The lowest BCUT2D eigenvalue weighted by atomic mass is 9.76. The summed E-state index contributed by atoms with van der Waals surface area (Å²) in [6, 6.07) is 4.64. The summed E-state index contributed by atoms with van der Waals surface area (Å²) < 4.78 is 1.05. The highest BCUT2D eigenvalue weighted by Gasteiger charge is 2.31. The fraction of sp³-hybridized carbons (Fsp3) is 0.300. The van der Waals surface area contributed by atoms with Crippen LogP contribution in [0.2, 0.25) is 5.02 Å². The van der Waals surface area contributed by atoms with Crippen LogP contribution in [0, 0.1) is 13.8 Å². The van der Waals surface area contributed by atoms with E-state index in [0.29, 0.717) is 12.0 Å². The summed E-state index contributed by atoms with van der Waals surface area (Å²) in [5.41, 5.74) is 4.19. The molecule has 1 aliphatic carbocycles. The number of hydrogen-bond acceptors (Lipinski definition) is 6. The Morgan fingerprint density at radius 2 is 1.93 bits per heavy atom. The second kappa shape index (κ2) is 6.39. The quantitative estimate of drug-likeness (QED) is 0.512. The molecule has 0 unspecified atom stereocenters. The molecule has 136 valence electrons. The first-order valence-corrected chi connectivity index (χ1v) is 10.2. The summed E-state index contributed by atoms with van der Waals surface area (Å²) in [7, 11) is 0. The topological polar surface area (TPSA) is 63.6 Å². The lowest BCUT2D eigenvalue weighted by molar-refractivity contribution is 0.373. The standard InChI is InChI=1S/C20H18ClN5S/c1-10-15-17-18(27-20(15)25-11(2)16(10)21)19(24-9-23-17)26-14-7-13(8-14)12-3-5-22-6-4-12/h3-6,9,13-14H,7-8H2,1-2H3,(H,23,24,26). The highest BCUT2D eigenvalue weighted by atomic mass is 35.5. The molecular weight excluding hydrogens is 378 g/mol. The molecule has 0 radical (unpaired) electrons. The molecule has 0 aromatic carbocycles. The number of rotatable bonds is 3. The lowest BCUT2D eigenvalue weighted by Gasteiger charge is -2.36. The third-order valence-corrected chi connectivity index (χ3v) is 7.04. The normalized spacial score (nSPS) is 19.4. The predicted molar refractivity (Wildman–Crippen MR) is 111 cm³/mol. The summed E-state index contributed by atoms with van der Waals surface area (Å²) in [5.74, 6) is 1.49. The fourth-order valence-corrected chi connectivity index (χ4v) is 5.16. The van der Waals surface area contributed by atoms with E-state index in [4.69, 9.17) is 11.6 Å². The van der Waals surface area contributed by atoms with E-state index in [-0.39, 0.29) is 0 Å². The summed E-state index contributed by atoms with van der Waals surface area (Å²) in [4.78, 5) is 18.8. The molecule has 0 aliphatic heterocycles. The van der Waals surface area contributed by atoms with Gasteiger partial charge >= 0.3 is 0 Å². The lowest BCUT2D eigenvalue weighted by Crippen LogP contribution is -2.34. The van der Waals surface area contributed by atoms with Crippen LogP contribution in [0.4, 0.5) is 5.82 Å². The molecule has 0 spiro atoms. The molecule has 4 aromatic heterocycles. The molecule has 4 heterocycles. The van der Waals surface area contributed by atoms with Gasteiger partial charge in [-0.05, 0) is 55.9 Å². The number of hydrogen-bond donors (Lipinski definition) is 1. The molecule has 1 fully saturated rings. The van der Waals surface area contributed by atoms with Crippen molar-refractivity contribution in [1.82, 2.24) is 19.9 Å². The number of nitrogens with one attached hydrogen (secondary N) is 1. The number of halogens is 1. The monoisotopic (exact) mass is 395 g/mol. The van der Waals surface area contributed by atoms with Gasteiger partial charge in [0.05, 0.1) is 20.9 Å². The Labute approximate surface area is 165 Å². The minimum atomic E-state index is 0.422. The van der Waals surface area contributed by atoms with Crippen LogP contribution >= 0.6 is 22.9 Å². The van der Waals surface area contributed by atoms with Crippen molar-refractivity contribution < 1.29 is 0 Å². The molecule has 4 aromatic rings. The first kappa shape index (κ1) is 16.8. The number of pyridine rings is 2. The fourth-order valence-electron chi connectivity index (χ4n) is 3.84. The number of nitrogens with zero attached hydrogens (tertiary/aromatic N) is 4. The van der Waals surface area contributed by atoms with Gasteiger partial charge in [-0.3, -0.25) is 4.98 Å². The van der Waals surface area contributed by atoms with Gasteiger partial charge in [0.15, 0.2) is 0 Å². The van der Waals surface area contributed by atoms with E-state index in [0.717, 1.165) is 55.4 Å². The zero-order chi connectivity index (χ0) is 18.5. The van der Waals surface area contributed by atoms with Crippen LogP contribution in [0.3, 0.4) is 0 Å². The summed E-state index contributed by atoms with van der Waals surface area (Å²) >= 11 is 8.06. The van der Waals surface area contributed by atoms with Gasteiger partial charge in [0.2, 0.25) is 0 Å². The SMILES string of the molecule is Cc1nc2sc3c(NC4CC(c5ccncc5)C4)ncnc3c2c(C)c1Cl. The van der Waals surface area contributed by atoms with Crippen LogP contribution in [-0.4, -0.2) is 26.0 Å². The third kappa shape index (κ3) is 2.75. The van der Waals surface area contributed by atoms with Crippen molar-refractivity contribution in [1.29, 1.82) is 0 Å².